The third-order valence-corrected chi connectivity index (χ3v) is 4.86. The van der Waals surface area contributed by atoms with E-state index in [1.165, 1.54) is 18.2 Å². The third-order valence-electron chi connectivity index (χ3n) is 3.49. The van der Waals surface area contributed by atoms with Crippen LogP contribution in [0.4, 0.5) is 4.39 Å². The van der Waals surface area contributed by atoms with Crippen molar-refractivity contribution in [3.05, 3.63) is 23.0 Å². The van der Waals surface area contributed by atoms with Crippen LogP contribution in [0.5, 0.6) is 0 Å². The summed E-state index contributed by atoms with van der Waals surface area (Å²) in [6.45, 7) is 7.15. The maximum Gasteiger partial charge on any atom is 0.250 e. The Morgan fingerprint density at radius 1 is 1.50 bits per heavy atom. The summed E-state index contributed by atoms with van der Waals surface area (Å²) in [5.74, 6) is -0.232. The molecule has 7 heteroatoms. The molecule has 1 heterocycles. The molecule has 1 N–H and O–H groups in total. The van der Waals surface area contributed by atoms with Gasteiger partial charge in [-0.25, -0.2) is 4.39 Å². The number of aliphatic imine (C=N–C) groups is 1. The van der Waals surface area contributed by atoms with Gasteiger partial charge in [0.25, 0.3) is 0 Å². The van der Waals surface area contributed by atoms with E-state index in [2.05, 4.69) is 33.0 Å². The molecule has 1 unspecified atom stereocenters. The molecule has 0 bridgehead atoms. The molecule has 1 fully saturated rings. The summed E-state index contributed by atoms with van der Waals surface area (Å²) in [7, 11) is 0. The molecule has 0 aromatic rings. The molecule has 1 rings (SSSR count). The number of amides is 1. The molecule has 1 aliphatic rings. The van der Waals surface area contributed by atoms with Gasteiger partial charge in [-0.15, -0.1) is 11.8 Å². The van der Waals surface area contributed by atoms with E-state index in [9.17, 15) is 9.18 Å². The number of nitrogens with zero attached hydrogens (tertiary/aromatic N) is 2. The normalized spacial score (nSPS) is 18.0. The fraction of sp³-hybridized carbons (Fsp3) is 0.600. The van der Waals surface area contributed by atoms with Gasteiger partial charge in [-0.2, -0.15) is 0 Å². The molecule has 4 nitrogen and oxygen atoms in total. The molecule has 0 radical (unpaired) electrons. The number of alkyl halides is 1. The first kappa shape index (κ1) is 19.2. The predicted molar refractivity (Wildman–Crippen MR) is 96.1 cm³/mol. The van der Waals surface area contributed by atoms with Crippen LogP contribution in [0.25, 0.3) is 0 Å². The summed E-state index contributed by atoms with van der Waals surface area (Å²) in [4.78, 5) is 18.1. The average Bonchev–Trinajstić information content (AvgIpc) is 2.53. The highest BCUT2D eigenvalue weighted by Crippen LogP contribution is 2.18. The van der Waals surface area contributed by atoms with Crippen LogP contribution in [0.2, 0.25) is 0 Å². The maximum absolute atomic E-state index is 13.3. The lowest BCUT2D eigenvalue weighted by atomic mass is 10.1. The number of halogens is 2. The number of piperidine rings is 1. The van der Waals surface area contributed by atoms with Gasteiger partial charge in [-0.05, 0) is 38.3 Å². The van der Waals surface area contributed by atoms with Crippen LogP contribution in [0, 0.1) is 0 Å². The largest absolute Gasteiger partial charge is 0.371 e. The molecule has 0 aliphatic carbocycles. The van der Waals surface area contributed by atoms with E-state index in [1.807, 2.05) is 4.90 Å². The lowest BCUT2D eigenvalue weighted by Gasteiger charge is -2.33. The minimum absolute atomic E-state index is 0.232. The first-order valence-electron chi connectivity index (χ1n) is 7.29. The van der Waals surface area contributed by atoms with Crippen molar-refractivity contribution >= 4 is 40.3 Å². The highest BCUT2D eigenvalue weighted by Gasteiger charge is 2.21. The minimum Gasteiger partial charge on any atom is -0.371 e. The van der Waals surface area contributed by atoms with Crippen molar-refractivity contribution in [2.75, 3.05) is 24.3 Å². The van der Waals surface area contributed by atoms with Crippen molar-refractivity contribution in [3.8, 4) is 0 Å². The zero-order valence-electron chi connectivity index (χ0n) is 12.9. The number of rotatable bonds is 8. The second-order valence-electron chi connectivity index (χ2n) is 5.08. The van der Waals surface area contributed by atoms with Crippen LogP contribution in [0.15, 0.2) is 28.0 Å². The van der Waals surface area contributed by atoms with Gasteiger partial charge in [0.15, 0.2) is 0 Å². The van der Waals surface area contributed by atoms with E-state index in [-0.39, 0.29) is 18.5 Å². The van der Waals surface area contributed by atoms with Gasteiger partial charge in [0.05, 0.1) is 22.9 Å². The quantitative estimate of drug-likeness (QED) is 0.391. The van der Waals surface area contributed by atoms with Crippen molar-refractivity contribution in [2.24, 2.45) is 4.99 Å². The van der Waals surface area contributed by atoms with Crippen molar-refractivity contribution in [3.63, 3.8) is 0 Å². The Balaban J connectivity index is 2.68. The summed E-state index contributed by atoms with van der Waals surface area (Å²) in [6.07, 6.45) is 3.91. The fourth-order valence-electron chi connectivity index (χ4n) is 2.37. The molecule has 1 atom stereocenters. The van der Waals surface area contributed by atoms with Crippen LogP contribution >= 0.6 is 27.7 Å². The predicted octanol–water partition coefficient (Wildman–Crippen LogP) is 3.46. The lowest BCUT2D eigenvalue weighted by molar-refractivity contribution is -0.118. The SMILES string of the molecule is C=NC/C(=C\SCBr)C(=O)NC(C)/C(=C/F)N1CCCCC1. The molecule has 124 valence electrons. The van der Waals surface area contributed by atoms with E-state index < -0.39 is 0 Å². The Labute approximate surface area is 144 Å². The topological polar surface area (TPSA) is 44.7 Å². The first-order chi connectivity index (χ1) is 10.6. The molecule has 1 amide bonds. The molecule has 1 aliphatic heterocycles. The Kier molecular flexibility index (Phi) is 9.47. The van der Waals surface area contributed by atoms with Crippen molar-refractivity contribution < 1.29 is 9.18 Å². The summed E-state index contributed by atoms with van der Waals surface area (Å²) in [5, 5.41) is 4.60. The van der Waals surface area contributed by atoms with Crippen LogP contribution < -0.4 is 5.32 Å². The standard InChI is InChI=1S/C15H23BrFN3OS/c1-12(14(8-17)20-6-4-3-5-7-20)19-15(21)13(9-18-2)10-22-11-16/h8,10,12H,2-7,9,11H2,1H3,(H,19,21)/b13-10+,14-8-. The smallest absolute Gasteiger partial charge is 0.250 e. The maximum atomic E-state index is 13.3. The van der Waals surface area contributed by atoms with Gasteiger partial charge in [0, 0.05) is 18.7 Å². The van der Waals surface area contributed by atoms with Gasteiger partial charge in [-0.1, -0.05) is 15.9 Å². The lowest BCUT2D eigenvalue weighted by Crippen LogP contribution is -2.42. The summed E-state index contributed by atoms with van der Waals surface area (Å²) in [6, 6.07) is -0.377. The zero-order valence-corrected chi connectivity index (χ0v) is 15.3. The molecule has 0 saturated carbocycles. The Bertz CT molecular complexity index is 437. The average molecular weight is 392 g/mol. The Hall–Kier alpha value is -0.820. The van der Waals surface area contributed by atoms with Crippen molar-refractivity contribution in [1.29, 1.82) is 0 Å². The van der Waals surface area contributed by atoms with Gasteiger partial charge in [-0.3, -0.25) is 9.79 Å². The zero-order chi connectivity index (χ0) is 16.4. The molecular weight excluding hydrogens is 369 g/mol. The van der Waals surface area contributed by atoms with Gasteiger partial charge < -0.3 is 10.2 Å². The fourth-order valence-corrected chi connectivity index (χ4v) is 3.21. The van der Waals surface area contributed by atoms with Gasteiger partial charge in [0.2, 0.25) is 5.91 Å². The molecule has 1 saturated heterocycles. The second-order valence-corrected chi connectivity index (χ2v) is 7.24. The van der Waals surface area contributed by atoms with E-state index in [0.29, 0.717) is 22.3 Å². The Morgan fingerprint density at radius 2 is 2.18 bits per heavy atom. The molecular formula is C15H23BrFN3OS. The monoisotopic (exact) mass is 391 g/mol. The first-order valence-corrected chi connectivity index (χ1v) is 9.46. The van der Waals surface area contributed by atoms with E-state index in [0.717, 1.165) is 25.9 Å². The van der Waals surface area contributed by atoms with Crippen LogP contribution in [-0.4, -0.2) is 47.9 Å². The number of carbonyl (C=O) groups excluding carboxylic acids is 1. The summed E-state index contributed by atoms with van der Waals surface area (Å²) in [5.41, 5.74) is 1.07. The molecule has 0 aromatic heterocycles. The Morgan fingerprint density at radius 3 is 2.73 bits per heavy atom. The van der Waals surface area contributed by atoms with E-state index >= 15 is 0 Å². The van der Waals surface area contributed by atoms with Crippen molar-refractivity contribution in [2.45, 2.75) is 32.2 Å². The highest BCUT2D eigenvalue weighted by atomic mass is 79.9. The third kappa shape index (κ3) is 6.12. The number of carbonyl (C=O) groups is 1. The molecule has 22 heavy (non-hydrogen) atoms. The summed E-state index contributed by atoms with van der Waals surface area (Å²) >= 11 is 4.75. The van der Waals surface area contributed by atoms with Gasteiger partial charge in [0.1, 0.15) is 6.33 Å². The van der Waals surface area contributed by atoms with Crippen LogP contribution in [0.1, 0.15) is 26.2 Å². The number of likely N-dealkylation sites (tertiary alicyclic amines) is 1. The minimum atomic E-state index is -0.377. The number of hydrogen-bond acceptors (Lipinski definition) is 4. The van der Waals surface area contributed by atoms with E-state index in [4.69, 9.17) is 0 Å². The van der Waals surface area contributed by atoms with Gasteiger partial charge >= 0.3 is 0 Å². The van der Waals surface area contributed by atoms with Crippen LogP contribution in [0.3, 0.4) is 0 Å². The number of hydrogen-bond donors (Lipinski definition) is 1. The van der Waals surface area contributed by atoms with Crippen molar-refractivity contribution in [1.82, 2.24) is 10.2 Å². The molecule has 0 aromatic carbocycles. The number of nitrogens with one attached hydrogen (secondary N) is 1. The second kappa shape index (κ2) is 10.8. The van der Waals surface area contributed by atoms with E-state index in [1.54, 1.807) is 12.3 Å². The highest BCUT2D eigenvalue weighted by molar-refractivity contribution is 9.11. The number of thioether (sulfide) groups is 1. The van der Waals surface area contributed by atoms with Crippen LogP contribution in [-0.2, 0) is 4.79 Å². The molecule has 0 spiro atoms. The summed E-state index contributed by atoms with van der Waals surface area (Å²) < 4.78 is 14.0.